The van der Waals surface area contributed by atoms with Gasteiger partial charge in [-0.1, -0.05) is 6.07 Å². The number of halogens is 1. The first kappa shape index (κ1) is 25.0. The molecule has 11 nitrogen and oxygen atoms in total. The summed E-state index contributed by atoms with van der Waals surface area (Å²) in [5, 5.41) is 11.6. The lowest BCUT2D eigenvalue weighted by Gasteiger charge is -2.19. The van der Waals surface area contributed by atoms with Crippen molar-refractivity contribution in [1.82, 2.24) is 15.3 Å². The summed E-state index contributed by atoms with van der Waals surface area (Å²) >= 11 is 3.40. The summed E-state index contributed by atoms with van der Waals surface area (Å²) in [6, 6.07) is 7.08. The van der Waals surface area contributed by atoms with E-state index in [1.54, 1.807) is 24.4 Å². The highest BCUT2D eigenvalue weighted by atomic mass is 79.9. The fourth-order valence-corrected chi connectivity index (χ4v) is 2.73. The smallest absolute Gasteiger partial charge is 0.238 e. The lowest BCUT2D eigenvalue weighted by molar-refractivity contribution is -0.139. The van der Waals surface area contributed by atoms with Gasteiger partial charge >= 0.3 is 0 Å². The van der Waals surface area contributed by atoms with Gasteiger partial charge in [0.25, 0.3) is 0 Å². The molecule has 0 fully saturated rings. The highest BCUT2D eigenvalue weighted by molar-refractivity contribution is 9.10. The Morgan fingerprint density at radius 1 is 1.16 bits per heavy atom. The molecule has 0 aliphatic carbocycles. The minimum atomic E-state index is -1.26. The number of carbonyl (C=O) groups is 3. The van der Waals surface area contributed by atoms with E-state index in [2.05, 4.69) is 47.2 Å². The van der Waals surface area contributed by atoms with Crippen LogP contribution >= 0.6 is 15.9 Å². The van der Waals surface area contributed by atoms with Crippen LogP contribution in [0.25, 0.3) is 0 Å². The summed E-state index contributed by atoms with van der Waals surface area (Å²) in [7, 11) is 0. The van der Waals surface area contributed by atoms with Gasteiger partial charge in [-0.05, 0) is 54.4 Å². The molecule has 0 bridgehead atoms. The van der Waals surface area contributed by atoms with Gasteiger partial charge in [-0.3, -0.25) is 14.4 Å². The summed E-state index contributed by atoms with van der Waals surface area (Å²) in [4.78, 5) is 43.5. The molecule has 0 unspecified atom stereocenters. The number of amides is 3. The Hall–Kier alpha value is -3.25. The van der Waals surface area contributed by atoms with Gasteiger partial charge < -0.3 is 32.7 Å². The first-order chi connectivity index (χ1) is 15.1. The molecule has 0 atom stereocenters. The van der Waals surface area contributed by atoms with Crippen LogP contribution in [0.15, 0.2) is 34.9 Å². The van der Waals surface area contributed by atoms with Crippen LogP contribution in [0.1, 0.15) is 20.3 Å². The Balaban J connectivity index is 1.90. The van der Waals surface area contributed by atoms with Crippen LogP contribution in [-0.2, 0) is 14.4 Å². The molecule has 0 saturated carbocycles. The van der Waals surface area contributed by atoms with Gasteiger partial charge in [0.2, 0.25) is 23.7 Å². The quantitative estimate of drug-likeness (QED) is 0.195. The average molecular weight is 507 g/mol. The van der Waals surface area contributed by atoms with Crippen molar-refractivity contribution in [2.75, 3.05) is 35.6 Å². The summed E-state index contributed by atoms with van der Waals surface area (Å²) in [6.45, 7) is 3.76. The van der Waals surface area contributed by atoms with Crippen molar-refractivity contribution in [1.29, 1.82) is 0 Å². The Morgan fingerprint density at radius 2 is 1.88 bits per heavy atom. The number of rotatable bonds is 11. The normalized spacial score (nSPS) is 10.9. The number of aromatic nitrogens is 2. The number of primary amides is 1. The molecule has 1 heterocycles. The fourth-order valence-electron chi connectivity index (χ4n) is 2.40. The minimum absolute atomic E-state index is 0.102. The maximum Gasteiger partial charge on any atom is 0.238 e. The van der Waals surface area contributed by atoms with E-state index in [-0.39, 0.29) is 12.5 Å². The number of hydrogen-bond acceptors (Lipinski definition) is 8. The number of benzene rings is 1. The largest absolute Gasteiger partial charge is 0.369 e. The first-order valence-electron chi connectivity index (χ1n) is 9.85. The zero-order chi connectivity index (χ0) is 23.7. The van der Waals surface area contributed by atoms with Crippen LogP contribution in [0.4, 0.5) is 23.1 Å². The molecule has 0 aliphatic rings. The van der Waals surface area contributed by atoms with Gasteiger partial charge in [0.1, 0.15) is 11.2 Å². The number of carbonyl (C=O) groups excluding carboxylic acids is 3. The summed E-state index contributed by atoms with van der Waals surface area (Å²) in [5.74, 6) is -0.453. The molecule has 3 amide bonds. The number of hydrogen-bond donors (Lipinski definition) is 6. The Bertz CT molecular complexity index is 983. The molecule has 2 rings (SSSR count). The molecule has 0 spiro atoms. The second-order valence-corrected chi connectivity index (χ2v) is 8.23. The molecule has 1 aromatic carbocycles. The van der Waals surface area contributed by atoms with E-state index in [0.29, 0.717) is 47.1 Å². The van der Waals surface area contributed by atoms with Crippen molar-refractivity contribution in [3.63, 3.8) is 0 Å². The van der Waals surface area contributed by atoms with Crippen molar-refractivity contribution in [3.8, 4) is 0 Å². The van der Waals surface area contributed by atoms with Gasteiger partial charge in [0.05, 0.1) is 11.0 Å². The summed E-state index contributed by atoms with van der Waals surface area (Å²) < 4.78 is 0.672. The minimum Gasteiger partial charge on any atom is -0.369 e. The highest BCUT2D eigenvalue weighted by Gasteiger charge is 2.33. The lowest BCUT2D eigenvalue weighted by Crippen LogP contribution is -2.46. The van der Waals surface area contributed by atoms with E-state index in [1.165, 1.54) is 13.8 Å². The van der Waals surface area contributed by atoms with E-state index in [4.69, 9.17) is 11.5 Å². The van der Waals surface area contributed by atoms with Crippen molar-refractivity contribution in [2.45, 2.75) is 20.3 Å². The van der Waals surface area contributed by atoms with Gasteiger partial charge in [-0.15, -0.1) is 0 Å². The van der Waals surface area contributed by atoms with Gasteiger partial charge in [-0.2, -0.15) is 4.98 Å². The zero-order valence-corrected chi connectivity index (χ0v) is 19.5. The fraction of sp³-hybridized carbons (Fsp3) is 0.350. The Kier molecular flexibility index (Phi) is 8.91. The maximum atomic E-state index is 12.0. The van der Waals surface area contributed by atoms with E-state index < -0.39 is 17.2 Å². The molecule has 2 aromatic rings. The molecular weight excluding hydrogens is 480 g/mol. The number of nitrogens with zero attached hydrogens (tertiary/aromatic N) is 2. The summed E-state index contributed by atoms with van der Waals surface area (Å²) in [5.41, 5.74) is 10.6. The second kappa shape index (κ2) is 11.4. The molecular formula is C20H27BrN8O3. The van der Waals surface area contributed by atoms with Crippen molar-refractivity contribution >= 4 is 56.8 Å². The maximum absolute atomic E-state index is 12.0. The third-order valence-electron chi connectivity index (χ3n) is 4.45. The monoisotopic (exact) mass is 506 g/mol. The third-order valence-corrected chi connectivity index (χ3v) is 5.03. The lowest BCUT2D eigenvalue weighted by atomic mass is 9.91. The van der Waals surface area contributed by atoms with Crippen molar-refractivity contribution in [3.05, 3.63) is 34.9 Å². The van der Waals surface area contributed by atoms with Crippen molar-refractivity contribution < 1.29 is 14.4 Å². The van der Waals surface area contributed by atoms with Crippen LogP contribution in [0.5, 0.6) is 0 Å². The molecule has 172 valence electrons. The molecule has 32 heavy (non-hydrogen) atoms. The van der Waals surface area contributed by atoms with E-state index in [9.17, 15) is 14.4 Å². The van der Waals surface area contributed by atoms with Crippen LogP contribution in [-0.4, -0.2) is 47.3 Å². The third kappa shape index (κ3) is 7.17. The number of nitrogens with two attached hydrogens (primary N) is 2. The average Bonchev–Trinajstić information content (AvgIpc) is 2.75. The van der Waals surface area contributed by atoms with E-state index in [1.807, 2.05) is 6.07 Å². The van der Waals surface area contributed by atoms with Gasteiger partial charge in [0, 0.05) is 30.7 Å². The van der Waals surface area contributed by atoms with Crippen LogP contribution in [0.2, 0.25) is 0 Å². The molecule has 0 saturated heterocycles. The SMILES string of the molecule is CC(C)(C(N)=O)C(=O)NCCCNc1nc(Nc2cccc(NC(=O)CN)c2)ncc1Br. The summed E-state index contributed by atoms with van der Waals surface area (Å²) in [6.07, 6.45) is 2.21. The molecule has 12 heteroatoms. The second-order valence-electron chi connectivity index (χ2n) is 7.37. The predicted molar refractivity (Wildman–Crippen MR) is 126 cm³/mol. The molecule has 0 aliphatic heterocycles. The number of anilines is 4. The molecule has 8 N–H and O–H groups in total. The van der Waals surface area contributed by atoms with E-state index in [0.717, 1.165) is 0 Å². The van der Waals surface area contributed by atoms with Crippen molar-refractivity contribution in [2.24, 2.45) is 16.9 Å². The number of nitrogens with one attached hydrogen (secondary N) is 4. The Morgan fingerprint density at radius 3 is 2.56 bits per heavy atom. The van der Waals surface area contributed by atoms with Crippen LogP contribution < -0.4 is 32.7 Å². The molecule has 0 radical (unpaired) electrons. The van der Waals surface area contributed by atoms with Gasteiger partial charge in [0.15, 0.2) is 0 Å². The highest BCUT2D eigenvalue weighted by Crippen LogP contribution is 2.23. The topological polar surface area (TPSA) is 177 Å². The zero-order valence-electron chi connectivity index (χ0n) is 17.9. The molecule has 1 aromatic heterocycles. The van der Waals surface area contributed by atoms with Gasteiger partial charge in [-0.25, -0.2) is 4.98 Å². The first-order valence-corrected chi connectivity index (χ1v) is 10.6. The predicted octanol–water partition coefficient (Wildman–Crippen LogP) is 1.31. The standard InChI is InChI=1S/C20H27BrN8O3/c1-20(2,17(23)31)18(32)25-8-4-7-24-16-14(21)11-26-19(29-16)28-13-6-3-5-12(9-13)27-15(30)10-22/h3,5-6,9,11H,4,7-8,10,22H2,1-2H3,(H2,23,31)(H,25,32)(H,27,30)(H2,24,26,28,29). The van der Waals surface area contributed by atoms with Crippen LogP contribution in [0, 0.1) is 5.41 Å². The van der Waals surface area contributed by atoms with Crippen LogP contribution in [0.3, 0.4) is 0 Å². The van der Waals surface area contributed by atoms with E-state index >= 15 is 0 Å². The Labute approximate surface area is 194 Å².